The molecule has 0 saturated carbocycles. The van der Waals surface area contributed by atoms with Crippen LogP contribution in [0.3, 0.4) is 0 Å². The molecule has 0 fully saturated rings. The lowest BCUT2D eigenvalue weighted by atomic mass is 10.2. The molecule has 1 aromatic heterocycles. The van der Waals surface area contributed by atoms with Gasteiger partial charge in [0.1, 0.15) is 5.82 Å². The largest absolute Gasteiger partial charge is 0.355 e. The summed E-state index contributed by atoms with van der Waals surface area (Å²) in [5.74, 6) is 1.62. The van der Waals surface area contributed by atoms with Crippen LogP contribution in [0.1, 0.15) is 37.9 Å². The smallest absolute Gasteiger partial charge is 0.128 e. The fourth-order valence-electron chi connectivity index (χ4n) is 2.51. The molecule has 96 valence electrons. The minimum absolute atomic E-state index is 0.561. The second kappa shape index (κ2) is 5.86. The first kappa shape index (κ1) is 12.9. The van der Waals surface area contributed by atoms with Crippen LogP contribution in [0, 0.1) is 17.2 Å². The van der Waals surface area contributed by atoms with Crippen molar-refractivity contribution >= 4 is 5.82 Å². The molecule has 0 bridgehead atoms. The summed E-state index contributed by atoms with van der Waals surface area (Å²) >= 11 is 0. The van der Waals surface area contributed by atoms with E-state index in [1.807, 2.05) is 0 Å². The average molecular weight is 243 g/mol. The molecule has 0 saturated heterocycles. The molecule has 3 nitrogen and oxygen atoms in total. The summed E-state index contributed by atoms with van der Waals surface area (Å²) in [7, 11) is 0. The van der Waals surface area contributed by atoms with Crippen LogP contribution in [0.5, 0.6) is 0 Å². The van der Waals surface area contributed by atoms with Gasteiger partial charge in [-0.2, -0.15) is 5.26 Å². The highest BCUT2D eigenvalue weighted by atomic mass is 15.2. The number of pyridine rings is 1. The van der Waals surface area contributed by atoms with E-state index in [1.165, 1.54) is 24.1 Å². The van der Waals surface area contributed by atoms with Crippen molar-refractivity contribution in [3.05, 3.63) is 23.4 Å². The van der Waals surface area contributed by atoms with Crippen LogP contribution < -0.4 is 4.90 Å². The van der Waals surface area contributed by atoms with E-state index in [9.17, 15) is 0 Å². The van der Waals surface area contributed by atoms with Gasteiger partial charge in [0.15, 0.2) is 0 Å². The van der Waals surface area contributed by atoms with Gasteiger partial charge >= 0.3 is 0 Å². The molecular weight excluding hydrogens is 222 g/mol. The van der Waals surface area contributed by atoms with Gasteiger partial charge < -0.3 is 4.90 Å². The molecule has 0 aromatic carbocycles. The molecule has 2 rings (SSSR count). The lowest BCUT2D eigenvalue weighted by Crippen LogP contribution is -2.29. The normalized spacial score (nSPS) is 13.4. The van der Waals surface area contributed by atoms with Crippen LogP contribution in [-0.4, -0.2) is 18.1 Å². The number of nitriles is 1. The summed E-state index contributed by atoms with van der Waals surface area (Å²) in [5.41, 5.74) is 2.67. The molecule has 0 N–H and O–H groups in total. The molecule has 0 amide bonds. The van der Waals surface area contributed by atoms with Crippen molar-refractivity contribution in [1.29, 1.82) is 5.26 Å². The quantitative estimate of drug-likeness (QED) is 0.798. The number of nitrogens with zero attached hydrogens (tertiary/aromatic N) is 3. The third-order valence-corrected chi connectivity index (χ3v) is 3.32. The Bertz CT molecular complexity index is 446. The zero-order valence-corrected chi connectivity index (χ0v) is 11.3. The lowest BCUT2D eigenvalue weighted by Gasteiger charge is -2.25. The molecule has 0 unspecified atom stereocenters. The van der Waals surface area contributed by atoms with Gasteiger partial charge in [-0.15, -0.1) is 0 Å². The third-order valence-electron chi connectivity index (χ3n) is 3.32. The number of rotatable bonds is 5. The van der Waals surface area contributed by atoms with E-state index in [0.29, 0.717) is 12.3 Å². The van der Waals surface area contributed by atoms with Crippen molar-refractivity contribution in [2.75, 3.05) is 18.0 Å². The molecule has 1 aliphatic carbocycles. The van der Waals surface area contributed by atoms with Gasteiger partial charge in [0.2, 0.25) is 0 Å². The maximum absolute atomic E-state index is 8.75. The highest BCUT2D eigenvalue weighted by Gasteiger charge is 2.15. The molecule has 18 heavy (non-hydrogen) atoms. The number of hydrogen-bond acceptors (Lipinski definition) is 3. The predicted molar refractivity (Wildman–Crippen MR) is 73.5 cm³/mol. The summed E-state index contributed by atoms with van der Waals surface area (Å²) in [4.78, 5) is 7.02. The van der Waals surface area contributed by atoms with Gasteiger partial charge in [0.05, 0.1) is 12.5 Å². The van der Waals surface area contributed by atoms with Gasteiger partial charge in [-0.1, -0.05) is 19.9 Å². The summed E-state index contributed by atoms with van der Waals surface area (Å²) in [6.45, 7) is 6.15. The summed E-state index contributed by atoms with van der Waals surface area (Å²) in [6, 6.07) is 6.55. The van der Waals surface area contributed by atoms with Gasteiger partial charge in [-0.05, 0) is 36.8 Å². The first-order valence-electron chi connectivity index (χ1n) is 6.81. The third kappa shape index (κ3) is 3.01. The van der Waals surface area contributed by atoms with Gasteiger partial charge in [-0.3, -0.25) is 0 Å². The Kier molecular flexibility index (Phi) is 4.19. The maximum atomic E-state index is 8.75. The Balaban J connectivity index is 2.16. The number of anilines is 1. The second-order valence-electron chi connectivity index (χ2n) is 5.38. The molecule has 1 heterocycles. The van der Waals surface area contributed by atoms with E-state index in [-0.39, 0.29) is 0 Å². The number of aromatic nitrogens is 1. The molecule has 1 aliphatic rings. The Morgan fingerprint density at radius 2 is 2.22 bits per heavy atom. The van der Waals surface area contributed by atoms with Crippen molar-refractivity contribution in [2.45, 2.75) is 39.5 Å². The van der Waals surface area contributed by atoms with Crippen molar-refractivity contribution < 1.29 is 0 Å². The standard InChI is InChI=1S/C15H21N3/c1-12(2)11-18(10-4-9-16)15-8-7-13-5-3-6-14(13)17-15/h7-8,12H,3-6,10-11H2,1-2H3. The highest BCUT2D eigenvalue weighted by Crippen LogP contribution is 2.23. The Hall–Kier alpha value is -1.56. The number of fused-ring (bicyclic) bond motifs is 1. The van der Waals surface area contributed by atoms with E-state index >= 15 is 0 Å². The van der Waals surface area contributed by atoms with Gasteiger partial charge in [0, 0.05) is 18.8 Å². The summed E-state index contributed by atoms with van der Waals surface area (Å²) in [5, 5.41) is 8.75. The maximum Gasteiger partial charge on any atom is 0.128 e. The number of hydrogen-bond donors (Lipinski definition) is 0. The van der Waals surface area contributed by atoms with Crippen LogP contribution in [0.2, 0.25) is 0 Å². The van der Waals surface area contributed by atoms with Gasteiger partial charge in [0.25, 0.3) is 0 Å². The van der Waals surface area contributed by atoms with E-state index in [0.717, 1.165) is 25.3 Å². The zero-order chi connectivity index (χ0) is 13.0. The topological polar surface area (TPSA) is 39.9 Å². The van der Waals surface area contributed by atoms with Crippen molar-refractivity contribution in [1.82, 2.24) is 4.98 Å². The van der Waals surface area contributed by atoms with Crippen LogP contribution in [0.25, 0.3) is 0 Å². The molecule has 0 radical (unpaired) electrons. The highest BCUT2D eigenvalue weighted by molar-refractivity contribution is 5.43. The predicted octanol–water partition coefficient (Wildman–Crippen LogP) is 2.95. The fourth-order valence-corrected chi connectivity index (χ4v) is 2.51. The number of aryl methyl sites for hydroxylation is 2. The minimum Gasteiger partial charge on any atom is -0.355 e. The van der Waals surface area contributed by atoms with Crippen LogP contribution in [0.4, 0.5) is 5.82 Å². The molecular formula is C15H21N3. The van der Waals surface area contributed by atoms with E-state index in [2.05, 4.69) is 36.9 Å². The van der Waals surface area contributed by atoms with E-state index in [4.69, 9.17) is 10.2 Å². The van der Waals surface area contributed by atoms with Gasteiger partial charge in [-0.25, -0.2) is 4.98 Å². The van der Waals surface area contributed by atoms with Crippen LogP contribution >= 0.6 is 0 Å². The lowest BCUT2D eigenvalue weighted by molar-refractivity contribution is 0.607. The fraction of sp³-hybridized carbons (Fsp3) is 0.600. The molecule has 0 aliphatic heterocycles. The Labute approximate surface area is 109 Å². The van der Waals surface area contributed by atoms with Crippen LogP contribution in [-0.2, 0) is 12.8 Å². The summed E-state index contributed by atoms with van der Waals surface area (Å²) < 4.78 is 0. The first-order chi connectivity index (χ1) is 8.70. The van der Waals surface area contributed by atoms with Crippen LogP contribution in [0.15, 0.2) is 12.1 Å². The zero-order valence-electron chi connectivity index (χ0n) is 11.3. The first-order valence-corrected chi connectivity index (χ1v) is 6.81. The Morgan fingerprint density at radius 1 is 1.39 bits per heavy atom. The SMILES string of the molecule is CC(C)CN(CCC#N)c1ccc2c(n1)CCC2. The van der Waals surface area contributed by atoms with E-state index < -0.39 is 0 Å². The molecule has 3 heteroatoms. The average Bonchev–Trinajstić information content (AvgIpc) is 2.81. The van der Waals surface area contributed by atoms with Crippen molar-refractivity contribution in [3.8, 4) is 6.07 Å². The van der Waals surface area contributed by atoms with Crippen molar-refractivity contribution in [2.24, 2.45) is 5.92 Å². The molecule has 0 spiro atoms. The molecule has 0 atom stereocenters. The Morgan fingerprint density at radius 3 is 2.94 bits per heavy atom. The molecule has 1 aromatic rings. The van der Waals surface area contributed by atoms with E-state index in [1.54, 1.807) is 0 Å². The monoisotopic (exact) mass is 243 g/mol. The van der Waals surface area contributed by atoms with Crippen molar-refractivity contribution in [3.63, 3.8) is 0 Å². The summed E-state index contributed by atoms with van der Waals surface area (Å²) in [6.07, 6.45) is 4.07. The second-order valence-corrected chi connectivity index (χ2v) is 5.38. The minimum atomic E-state index is 0.561.